The summed E-state index contributed by atoms with van der Waals surface area (Å²) < 4.78 is 0. The van der Waals surface area contributed by atoms with Gasteiger partial charge < -0.3 is 4.90 Å². The zero-order valence-electron chi connectivity index (χ0n) is 33.2. The van der Waals surface area contributed by atoms with Crippen LogP contribution in [0.25, 0.3) is 75.5 Å². The molecule has 0 aliphatic heterocycles. The molecule has 10 aromatic carbocycles. The van der Waals surface area contributed by atoms with Crippen LogP contribution in [-0.4, -0.2) is 0 Å². The van der Waals surface area contributed by atoms with E-state index in [9.17, 15) is 0 Å². The summed E-state index contributed by atoms with van der Waals surface area (Å²) in [6.07, 6.45) is 0. The summed E-state index contributed by atoms with van der Waals surface area (Å²) in [5.74, 6) is 0. The molecular weight excluding hydrogens is 755 g/mol. The molecule has 0 amide bonds. The quantitative estimate of drug-likeness (QED) is 0.157. The number of hydrogen-bond acceptors (Lipinski definition) is 2. The Kier molecular flexibility index (Phi) is 7.46. The smallest absolute Gasteiger partial charge is 0.0726 e. The molecule has 2 aliphatic rings. The topological polar surface area (TPSA) is 3.24 Å². The number of rotatable bonds is 5. The second kappa shape index (κ2) is 13.2. The first-order valence-electron chi connectivity index (χ1n) is 21.1. The zero-order chi connectivity index (χ0) is 40.1. The van der Waals surface area contributed by atoms with E-state index >= 15 is 0 Å². The highest BCUT2D eigenvalue weighted by atomic mass is 32.1. The predicted octanol–water partition coefficient (Wildman–Crippen LogP) is 16.4. The van der Waals surface area contributed by atoms with Gasteiger partial charge in [0.25, 0.3) is 0 Å². The van der Waals surface area contributed by atoms with E-state index in [1.54, 1.807) is 0 Å². The summed E-state index contributed by atoms with van der Waals surface area (Å²) in [7, 11) is 0. The van der Waals surface area contributed by atoms with Gasteiger partial charge in [0.05, 0.1) is 11.1 Å². The van der Waals surface area contributed by atoms with Crippen LogP contribution in [-0.2, 0) is 5.41 Å². The third kappa shape index (κ3) is 4.88. The SMILES string of the molecule is c1ccc(-c2ccc(-c3ccc(N(c4ccc5c(c4)C4(c6ccccc6-c6ccccc64)c4ccccc4-5)c4cccc5c6ccccc6c6ccccc6c45)cc3)s2)cc1. The molecule has 0 fully saturated rings. The highest BCUT2D eigenvalue weighted by Crippen LogP contribution is 2.63. The van der Waals surface area contributed by atoms with Crippen LogP contribution in [0, 0.1) is 0 Å². The summed E-state index contributed by atoms with van der Waals surface area (Å²) in [4.78, 5) is 5.05. The van der Waals surface area contributed by atoms with Crippen LogP contribution in [0.15, 0.2) is 224 Å². The Balaban J connectivity index is 1.07. The maximum absolute atomic E-state index is 2.51. The number of anilines is 3. The molecule has 2 heteroatoms. The van der Waals surface area contributed by atoms with E-state index in [4.69, 9.17) is 0 Å². The van der Waals surface area contributed by atoms with Gasteiger partial charge in [-0.3, -0.25) is 0 Å². The monoisotopic (exact) mass is 791 g/mol. The lowest BCUT2D eigenvalue weighted by Gasteiger charge is -2.32. The lowest BCUT2D eigenvalue weighted by molar-refractivity contribution is 0.793. The maximum atomic E-state index is 2.51. The van der Waals surface area contributed by atoms with Gasteiger partial charge in [-0.2, -0.15) is 0 Å². The van der Waals surface area contributed by atoms with Crippen molar-refractivity contribution in [1.82, 2.24) is 0 Å². The van der Waals surface area contributed by atoms with Crippen molar-refractivity contribution in [3.63, 3.8) is 0 Å². The number of thiophene rings is 1. The Labute approximate surface area is 359 Å². The third-order valence-electron chi connectivity index (χ3n) is 13.3. The fourth-order valence-electron chi connectivity index (χ4n) is 10.8. The first-order chi connectivity index (χ1) is 30.3. The van der Waals surface area contributed by atoms with Gasteiger partial charge in [-0.25, -0.2) is 0 Å². The van der Waals surface area contributed by atoms with Crippen LogP contribution in [0.2, 0.25) is 0 Å². The Hall–Kier alpha value is -7.52. The molecular formula is C59H37NS. The fraction of sp³-hybridized carbons (Fsp3) is 0.0169. The molecule has 13 rings (SSSR count). The van der Waals surface area contributed by atoms with Gasteiger partial charge in [-0.05, 0) is 125 Å². The molecule has 11 aromatic rings. The molecule has 0 radical (unpaired) electrons. The van der Waals surface area contributed by atoms with E-state index in [-0.39, 0.29) is 0 Å². The van der Waals surface area contributed by atoms with Gasteiger partial charge in [0.15, 0.2) is 0 Å². The standard InChI is InChI=1S/C59H37NS/c1-2-15-38(16-3-1)56-35-36-57(61-56)39-29-31-40(32-30-39)60(55-28-14-24-50-44-18-5-4-17-42(44)43-19-6-7-23-49(43)58(50)55)41-33-34-48-47-22-10-13-27-53(47)59(54(48)37-41)51-25-11-8-20-45(51)46-21-9-12-26-52(46)59/h1-37H. The van der Waals surface area contributed by atoms with Gasteiger partial charge >= 0.3 is 0 Å². The highest BCUT2D eigenvalue weighted by Gasteiger charge is 2.51. The summed E-state index contributed by atoms with van der Waals surface area (Å²) >= 11 is 1.84. The van der Waals surface area contributed by atoms with Crippen LogP contribution in [0.1, 0.15) is 22.3 Å². The molecule has 0 N–H and O–H groups in total. The molecule has 0 saturated heterocycles. The Bertz CT molecular complexity index is 3430. The molecule has 0 atom stereocenters. The molecule has 1 heterocycles. The van der Waals surface area contributed by atoms with Crippen LogP contribution in [0.5, 0.6) is 0 Å². The minimum atomic E-state index is -0.443. The van der Waals surface area contributed by atoms with E-state index < -0.39 is 5.41 Å². The molecule has 61 heavy (non-hydrogen) atoms. The number of hydrogen-bond donors (Lipinski definition) is 0. The Morgan fingerprint density at radius 3 is 1.34 bits per heavy atom. The van der Waals surface area contributed by atoms with Crippen molar-refractivity contribution < 1.29 is 0 Å². The molecule has 0 saturated carbocycles. The van der Waals surface area contributed by atoms with Crippen LogP contribution in [0.4, 0.5) is 17.1 Å². The third-order valence-corrected chi connectivity index (χ3v) is 14.5. The van der Waals surface area contributed by atoms with Gasteiger partial charge in [0.1, 0.15) is 0 Å². The number of fused-ring (bicyclic) bond motifs is 16. The summed E-state index contributed by atoms with van der Waals surface area (Å²) in [5.41, 5.74) is 16.0. The van der Waals surface area contributed by atoms with Crippen LogP contribution < -0.4 is 4.90 Å². The van der Waals surface area contributed by atoms with E-state index in [1.165, 1.54) is 97.7 Å². The van der Waals surface area contributed by atoms with Gasteiger partial charge in [0, 0.05) is 26.5 Å². The van der Waals surface area contributed by atoms with Crippen molar-refractivity contribution in [3.8, 4) is 43.1 Å². The predicted molar refractivity (Wildman–Crippen MR) is 259 cm³/mol. The average Bonchev–Trinajstić information content (AvgIpc) is 4.03. The molecule has 0 bridgehead atoms. The molecule has 1 spiro atoms. The van der Waals surface area contributed by atoms with Crippen molar-refractivity contribution in [3.05, 3.63) is 247 Å². The largest absolute Gasteiger partial charge is 0.310 e. The van der Waals surface area contributed by atoms with Crippen molar-refractivity contribution in [2.24, 2.45) is 0 Å². The zero-order valence-corrected chi connectivity index (χ0v) is 34.0. The van der Waals surface area contributed by atoms with E-state index in [2.05, 4.69) is 229 Å². The fourth-order valence-corrected chi connectivity index (χ4v) is 11.8. The summed E-state index contributed by atoms with van der Waals surface area (Å²) in [5, 5.41) is 7.57. The first-order valence-corrected chi connectivity index (χ1v) is 21.9. The average molecular weight is 792 g/mol. The summed E-state index contributed by atoms with van der Waals surface area (Å²) in [6.45, 7) is 0. The maximum Gasteiger partial charge on any atom is 0.0726 e. The highest BCUT2D eigenvalue weighted by molar-refractivity contribution is 7.18. The second-order valence-electron chi connectivity index (χ2n) is 16.3. The van der Waals surface area contributed by atoms with Gasteiger partial charge in [-0.1, -0.05) is 182 Å². The lowest BCUT2D eigenvalue weighted by Crippen LogP contribution is -2.26. The first kappa shape index (κ1) is 34.4. The minimum absolute atomic E-state index is 0.443. The van der Waals surface area contributed by atoms with Crippen LogP contribution in [0.3, 0.4) is 0 Å². The number of benzene rings is 10. The summed E-state index contributed by atoms with van der Waals surface area (Å²) in [6, 6.07) is 83.6. The molecule has 1 aromatic heterocycles. The Morgan fingerprint density at radius 2 is 0.754 bits per heavy atom. The van der Waals surface area contributed by atoms with E-state index in [0.29, 0.717) is 0 Å². The molecule has 0 unspecified atom stereocenters. The second-order valence-corrected chi connectivity index (χ2v) is 17.4. The van der Waals surface area contributed by atoms with Crippen molar-refractivity contribution in [1.29, 1.82) is 0 Å². The lowest BCUT2D eigenvalue weighted by atomic mass is 9.70. The van der Waals surface area contributed by atoms with E-state index in [0.717, 1.165) is 17.1 Å². The van der Waals surface area contributed by atoms with Crippen molar-refractivity contribution >= 4 is 60.7 Å². The molecule has 1 nitrogen and oxygen atoms in total. The van der Waals surface area contributed by atoms with E-state index in [1.807, 2.05) is 11.3 Å². The Morgan fingerprint density at radius 1 is 0.311 bits per heavy atom. The minimum Gasteiger partial charge on any atom is -0.310 e. The van der Waals surface area contributed by atoms with Crippen LogP contribution >= 0.6 is 11.3 Å². The molecule has 284 valence electrons. The molecule has 2 aliphatic carbocycles. The van der Waals surface area contributed by atoms with Crippen molar-refractivity contribution in [2.75, 3.05) is 4.90 Å². The normalized spacial score (nSPS) is 13.0. The number of nitrogens with zero attached hydrogens (tertiary/aromatic N) is 1. The van der Waals surface area contributed by atoms with Gasteiger partial charge in [-0.15, -0.1) is 11.3 Å². The van der Waals surface area contributed by atoms with Crippen molar-refractivity contribution in [2.45, 2.75) is 5.41 Å². The van der Waals surface area contributed by atoms with Gasteiger partial charge in [0.2, 0.25) is 0 Å².